The van der Waals surface area contributed by atoms with Crippen LogP contribution in [-0.2, 0) is 4.74 Å². The first-order chi connectivity index (χ1) is 9.86. The number of carbonyl (C=O) groups is 1. The molecule has 116 valence electrons. The first-order valence-electron chi connectivity index (χ1n) is 7.54. The van der Waals surface area contributed by atoms with Crippen molar-refractivity contribution >= 4 is 37.8 Å². The maximum absolute atomic E-state index is 12.4. The van der Waals surface area contributed by atoms with Gasteiger partial charge in [0.25, 0.3) is 0 Å². The van der Waals surface area contributed by atoms with Gasteiger partial charge in [-0.15, -0.1) is 0 Å². The number of carbonyl (C=O) groups excluding carboxylic acids is 1. The zero-order valence-corrected chi connectivity index (χ0v) is 15.9. The molecule has 1 aliphatic rings. The van der Waals surface area contributed by atoms with Crippen molar-refractivity contribution in [2.24, 2.45) is 17.8 Å². The predicted molar refractivity (Wildman–Crippen MR) is 92.4 cm³/mol. The minimum atomic E-state index is -0.221. The van der Waals surface area contributed by atoms with Crippen molar-refractivity contribution in [2.45, 2.75) is 46.1 Å². The van der Waals surface area contributed by atoms with Crippen LogP contribution in [0.4, 0.5) is 0 Å². The zero-order valence-electron chi connectivity index (χ0n) is 12.7. The van der Waals surface area contributed by atoms with Crippen LogP contribution in [-0.4, -0.2) is 12.1 Å². The van der Waals surface area contributed by atoms with Gasteiger partial charge >= 0.3 is 5.97 Å². The third-order valence-corrected chi connectivity index (χ3v) is 5.23. The smallest absolute Gasteiger partial charge is 0.338 e. The third-order valence-electron chi connectivity index (χ3n) is 4.32. The molecule has 0 aliphatic heterocycles. The van der Waals surface area contributed by atoms with Crippen molar-refractivity contribution in [1.82, 2.24) is 0 Å². The summed E-state index contributed by atoms with van der Waals surface area (Å²) in [5.74, 6) is 1.43. The van der Waals surface area contributed by atoms with Gasteiger partial charge in [0.05, 0.1) is 5.56 Å². The molecule has 0 bridgehead atoms. The van der Waals surface area contributed by atoms with Crippen LogP contribution in [0.3, 0.4) is 0 Å². The predicted octanol–water partition coefficient (Wildman–Crippen LogP) is 5.83. The van der Waals surface area contributed by atoms with Gasteiger partial charge in [0.1, 0.15) is 6.10 Å². The molecule has 1 aromatic carbocycles. The SMILES string of the molecule is CC(C)[C@H]1CC[C@H](C)C[C@@H]1OC(=O)c1cc(Br)cc(Br)c1. The largest absolute Gasteiger partial charge is 0.458 e. The number of halogens is 2. The van der Waals surface area contributed by atoms with Crippen molar-refractivity contribution in [1.29, 1.82) is 0 Å². The fourth-order valence-electron chi connectivity index (χ4n) is 3.13. The molecule has 0 heterocycles. The highest BCUT2D eigenvalue weighted by atomic mass is 79.9. The molecule has 1 fully saturated rings. The van der Waals surface area contributed by atoms with E-state index in [2.05, 4.69) is 52.6 Å². The molecule has 4 heteroatoms. The second kappa shape index (κ2) is 7.28. The van der Waals surface area contributed by atoms with Crippen LogP contribution in [0.5, 0.6) is 0 Å². The molecule has 0 amide bonds. The molecule has 1 aliphatic carbocycles. The minimum absolute atomic E-state index is 0.0407. The Hall–Kier alpha value is -0.350. The summed E-state index contributed by atoms with van der Waals surface area (Å²) < 4.78 is 7.60. The van der Waals surface area contributed by atoms with Crippen LogP contribution in [0.15, 0.2) is 27.1 Å². The Morgan fingerprint density at radius 1 is 1.19 bits per heavy atom. The number of benzene rings is 1. The van der Waals surface area contributed by atoms with Crippen LogP contribution in [0.1, 0.15) is 50.4 Å². The van der Waals surface area contributed by atoms with Crippen molar-refractivity contribution in [2.75, 3.05) is 0 Å². The molecule has 3 atom stereocenters. The van der Waals surface area contributed by atoms with Crippen LogP contribution in [0.25, 0.3) is 0 Å². The van der Waals surface area contributed by atoms with Crippen LogP contribution >= 0.6 is 31.9 Å². The van der Waals surface area contributed by atoms with Crippen LogP contribution < -0.4 is 0 Å². The Kier molecular flexibility index (Phi) is 5.89. The van der Waals surface area contributed by atoms with Crippen molar-refractivity contribution < 1.29 is 9.53 Å². The van der Waals surface area contributed by atoms with Gasteiger partial charge in [-0.05, 0) is 48.8 Å². The van der Waals surface area contributed by atoms with E-state index < -0.39 is 0 Å². The van der Waals surface area contributed by atoms with Crippen molar-refractivity contribution in [3.63, 3.8) is 0 Å². The fraction of sp³-hybridized carbons (Fsp3) is 0.588. The number of esters is 1. The molecule has 0 saturated heterocycles. The summed E-state index contributed by atoms with van der Waals surface area (Å²) in [6.45, 7) is 6.68. The van der Waals surface area contributed by atoms with Gasteiger partial charge in [0, 0.05) is 8.95 Å². The molecule has 1 saturated carbocycles. The average molecular weight is 418 g/mol. The summed E-state index contributed by atoms with van der Waals surface area (Å²) in [6, 6.07) is 5.53. The summed E-state index contributed by atoms with van der Waals surface area (Å²) in [7, 11) is 0. The van der Waals surface area contributed by atoms with Gasteiger partial charge in [-0.1, -0.05) is 59.1 Å². The Labute approximate surface area is 143 Å². The highest BCUT2D eigenvalue weighted by molar-refractivity contribution is 9.11. The monoisotopic (exact) mass is 416 g/mol. The highest BCUT2D eigenvalue weighted by Crippen LogP contribution is 2.36. The number of hydrogen-bond donors (Lipinski definition) is 0. The molecule has 2 nitrogen and oxygen atoms in total. The molecule has 0 aromatic heterocycles. The highest BCUT2D eigenvalue weighted by Gasteiger charge is 2.33. The third kappa shape index (κ3) is 4.56. The standard InChI is InChI=1S/C17H22Br2O2/c1-10(2)15-5-4-11(3)6-16(15)21-17(20)12-7-13(18)9-14(19)8-12/h7-11,15-16H,4-6H2,1-3H3/t11-,15+,16-/m0/s1. The lowest BCUT2D eigenvalue weighted by atomic mass is 9.75. The topological polar surface area (TPSA) is 26.3 Å². The van der Waals surface area contributed by atoms with Gasteiger partial charge in [-0.25, -0.2) is 4.79 Å². The summed E-state index contributed by atoms with van der Waals surface area (Å²) in [4.78, 5) is 12.4. The van der Waals surface area contributed by atoms with E-state index in [0.717, 1.165) is 21.8 Å². The average Bonchev–Trinajstić information content (AvgIpc) is 2.37. The van der Waals surface area contributed by atoms with E-state index >= 15 is 0 Å². The molecule has 0 radical (unpaired) electrons. The van der Waals surface area contributed by atoms with E-state index in [0.29, 0.717) is 23.3 Å². The van der Waals surface area contributed by atoms with E-state index in [1.165, 1.54) is 6.42 Å². The van der Waals surface area contributed by atoms with E-state index in [1.807, 2.05) is 18.2 Å². The first kappa shape index (κ1) is 17.0. The molecule has 0 spiro atoms. The molecular formula is C17H22Br2O2. The van der Waals surface area contributed by atoms with E-state index in [-0.39, 0.29) is 12.1 Å². The van der Waals surface area contributed by atoms with Crippen molar-refractivity contribution in [3.05, 3.63) is 32.7 Å². The Balaban J connectivity index is 2.12. The van der Waals surface area contributed by atoms with Gasteiger partial charge in [0.15, 0.2) is 0 Å². The number of ether oxygens (including phenoxy) is 1. The van der Waals surface area contributed by atoms with Gasteiger partial charge in [0.2, 0.25) is 0 Å². The normalized spacial score (nSPS) is 25.9. The molecule has 2 rings (SSSR count). The lowest BCUT2D eigenvalue weighted by Gasteiger charge is -2.36. The summed E-state index contributed by atoms with van der Waals surface area (Å²) >= 11 is 6.83. The molecular weight excluding hydrogens is 396 g/mol. The molecule has 0 N–H and O–H groups in total. The maximum Gasteiger partial charge on any atom is 0.338 e. The fourth-order valence-corrected chi connectivity index (χ4v) is 4.42. The minimum Gasteiger partial charge on any atom is -0.458 e. The molecule has 1 aromatic rings. The number of hydrogen-bond acceptors (Lipinski definition) is 2. The number of rotatable bonds is 3. The lowest BCUT2D eigenvalue weighted by Crippen LogP contribution is -2.35. The second-order valence-electron chi connectivity index (χ2n) is 6.43. The molecule has 21 heavy (non-hydrogen) atoms. The van der Waals surface area contributed by atoms with E-state index in [9.17, 15) is 4.79 Å². The summed E-state index contributed by atoms with van der Waals surface area (Å²) in [6.07, 6.45) is 3.40. The first-order valence-corrected chi connectivity index (χ1v) is 9.12. The quantitative estimate of drug-likeness (QED) is 0.578. The van der Waals surface area contributed by atoms with Crippen molar-refractivity contribution in [3.8, 4) is 0 Å². The lowest BCUT2D eigenvalue weighted by molar-refractivity contribution is -0.0174. The Morgan fingerprint density at radius 2 is 1.81 bits per heavy atom. The Morgan fingerprint density at radius 3 is 2.38 bits per heavy atom. The van der Waals surface area contributed by atoms with Crippen LogP contribution in [0.2, 0.25) is 0 Å². The summed E-state index contributed by atoms with van der Waals surface area (Å²) in [5, 5.41) is 0. The van der Waals surface area contributed by atoms with Gasteiger partial charge < -0.3 is 4.74 Å². The molecule has 0 unspecified atom stereocenters. The van der Waals surface area contributed by atoms with Crippen LogP contribution in [0, 0.1) is 17.8 Å². The van der Waals surface area contributed by atoms with Gasteiger partial charge in [-0.2, -0.15) is 0 Å². The summed E-state index contributed by atoms with van der Waals surface area (Å²) in [5.41, 5.74) is 0.594. The maximum atomic E-state index is 12.4. The van der Waals surface area contributed by atoms with Gasteiger partial charge in [-0.3, -0.25) is 0 Å². The Bertz CT molecular complexity index is 493. The zero-order chi connectivity index (χ0) is 15.6. The second-order valence-corrected chi connectivity index (χ2v) is 8.26. The van der Waals surface area contributed by atoms with E-state index in [4.69, 9.17) is 4.74 Å². The van der Waals surface area contributed by atoms with E-state index in [1.54, 1.807) is 0 Å².